The highest BCUT2D eigenvalue weighted by atomic mass is 79.9. The van der Waals surface area contributed by atoms with Gasteiger partial charge >= 0.3 is 0 Å². The van der Waals surface area contributed by atoms with E-state index in [2.05, 4.69) is 36.6 Å². The van der Waals surface area contributed by atoms with Crippen LogP contribution in [0.25, 0.3) is 0 Å². The van der Waals surface area contributed by atoms with Gasteiger partial charge in [0.15, 0.2) is 5.82 Å². The fourth-order valence-electron chi connectivity index (χ4n) is 1.47. The second-order valence-corrected chi connectivity index (χ2v) is 4.12. The summed E-state index contributed by atoms with van der Waals surface area (Å²) in [6.07, 6.45) is 1.30. The maximum atomic E-state index is 11.3. The van der Waals surface area contributed by atoms with Crippen molar-refractivity contribution < 1.29 is 9.59 Å². The zero-order valence-electron chi connectivity index (χ0n) is 8.61. The van der Waals surface area contributed by atoms with Crippen molar-refractivity contribution in [3.8, 4) is 0 Å². The summed E-state index contributed by atoms with van der Waals surface area (Å²) in [7, 11) is 0. The van der Waals surface area contributed by atoms with Gasteiger partial charge in [-0.15, -0.1) is 0 Å². The number of anilines is 2. The molecule has 4 N–H and O–H groups in total. The maximum absolute atomic E-state index is 11.3. The summed E-state index contributed by atoms with van der Waals surface area (Å²) in [6, 6.07) is 0. The lowest BCUT2D eigenvalue weighted by Crippen LogP contribution is -2.51. The third-order valence-electron chi connectivity index (χ3n) is 2.16. The molecular weight excluding hydrogens is 292 g/mol. The Kier molecular flexibility index (Phi) is 3.20. The number of halogens is 1. The third kappa shape index (κ3) is 2.34. The Morgan fingerprint density at radius 2 is 2.00 bits per heavy atom. The van der Waals surface area contributed by atoms with E-state index in [1.54, 1.807) is 0 Å². The molecule has 0 aliphatic carbocycles. The van der Waals surface area contributed by atoms with Crippen molar-refractivity contribution >= 4 is 39.4 Å². The number of hydrogen-bond donors (Lipinski definition) is 3. The second-order valence-electron chi connectivity index (χ2n) is 3.33. The molecule has 1 fully saturated rings. The number of aromatic nitrogens is 2. The van der Waals surface area contributed by atoms with Gasteiger partial charge in [-0.3, -0.25) is 14.9 Å². The van der Waals surface area contributed by atoms with Crippen LogP contribution in [0, 0.1) is 0 Å². The Bertz CT molecular complexity index is 463. The van der Waals surface area contributed by atoms with E-state index in [0.29, 0.717) is 16.1 Å². The number of piperazine rings is 1. The Hall–Kier alpha value is -1.74. The normalized spacial score (nSPS) is 15.8. The zero-order chi connectivity index (χ0) is 12.4. The van der Waals surface area contributed by atoms with Crippen molar-refractivity contribution in [2.24, 2.45) is 5.84 Å². The molecule has 1 saturated heterocycles. The summed E-state index contributed by atoms with van der Waals surface area (Å²) >= 11 is 3.26. The maximum Gasteiger partial charge on any atom is 0.246 e. The second kappa shape index (κ2) is 4.63. The van der Waals surface area contributed by atoms with E-state index in [9.17, 15) is 9.59 Å². The van der Waals surface area contributed by atoms with E-state index >= 15 is 0 Å². The van der Waals surface area contributed by atoms with Crippen LogP contribution in [0.4, 0.5) is 11.6 Å². The van der Waals surface area contributed by atoms with Crippen molar-refractivity contribution in [2.75, 3.05) is 23.4 Å². The molecule has 2 rings (SSSR count). The quantitative estimate of drug-likeness (QED) is 0.364. The average molecular weight is 301 g/mol. The molecule has 2 heterocycles. The van der Waals surface area contributed by atoms with Crippen LogP contribution in [0.5, 0.6) is 0 Å². The van der Waals surface area contributed by atoms with Gasteiger partial charge in [-0.05, 0) is 15.9 Å². The molecule has 1 aromatic heterocycles. The average Bonchev–Trinajstić information content (AvgIpc) is 2.28. The van der Waals surface area contributed by atoms with Crippen molar-refractivity contribution in [3.05, 3.63) is 10.8 Å². The SMILES string of the molecule is NNc1ncnc(N2CC(=O)NC(=O)C2)c1Br. The van der Waals surface area contributed by atoms with Gasteiger partial charge in [0.2, 0.25) is 11.8 Å². The summed E-state index contributed by atoms with van der Waals surface area (Å²) < 4.78 is 0.505. The number of rotatable bonds is 2. The van der Waals surface area contributed by atoms with Crippen LogP contribution in [0.2, 0.25) is 0 Å². The number of carbonyl (C=O) groups is 2. The summed E-state index contributed by atoms with van der Waals surface area (Å²) in [6.45, 7) is 0.122. The first-order chi connectivity index (χ1) is 8.11. The summed E-state index contributed by atoms with van der Waals surface area (Å²) in [5.41, 5.74) is 2.39. The summed E-state index contributed by atoms with van der Waals surface area (Å²) in [4.78, 5) is 31.9. The van der Waals surface area contributed by atoms with Crippen LogP contribution < -0.4 is 21.5 Å². The lowest BCUT2D eigenvalue weighted by molar-refractivity contribution is -0.130. The van der Waals surface area contributed by atoms with Gasteiger partial charge in [0.25, 0.3) is 0 Å². The third-order valence-corrected chi connectivity index (χ3v) is 2.89. The lowest BCUT2D eigenvalue weighted by atomic mass is 10.3. The minimum absolute atomic E-state index is 0.0609. The molecule has 1 aliphatic rings. The van der Waals surface area contributed by atoms with E-state index in [4.69, 9.17) is 5.84 Å². The summed E-state index contributed by atoms with van der Waals surface area (Å²) in [5.74, 6) is 5.36. The highest BCUT2D eigenvalue weighted by Crippen LogP contribution is 2.28. The largest absolute Gasteiger partial charge is 0.337 e. The van der Waals surface area contributed by atoms with Crippen molar-refractivity contribution in [3.63, 3.8) is 0 Å². The van der Waals surface area contributed by atoms with E-state index in [-0.39, 0.29) is 24.9 Å². The molecule has 0 atom stereocenters. The lowest BCUT2D eigenvalue weighted by Gasteiger charge is -2.27. The van der Waals surface area contributed by atoms with Crippen LogP contribution in [0.1, 0.15) is 0 Å². The van der Waals surface area contributed by atoms with Gasteiger partial charge in [0.1, 0.15) is 16.6 Å². The molecule has 0 spiro atoms. The number of imide groups is 1. The van der Waals surface area contributed by atoms with E-state index in [1.165, 1.54) is 11.2 Å². The molecule has 17 heavy (non-hydrogen) atoms. The minimum atomic E-state index is -0.367. The molecule has 0 radical (unpaired) electrons. The number of nitrogens with one attached hydrogen (secondary N) is 2. The first kappa shape index (κ1) is 11.7. The molecule has 1 aromatic rings. The van der Waals surface area contributed by atoms with Crippen molar-refractivity contribution in [2.45, 2.75) is 0 Å². The number of hydrogen-bond acceptors (Lipinski definition) is 7. The number of nitrogens with two attached hydrogens (primary N) is 1. The van der Waals surface area contributed by atoms with E-state index < -0.39 is 0 Å². The minimum Gasteiger partial charge on any atom is -0.337 e. The molecular formula is C8H9BrN6O2. The smallest absolute Gasteiger partial charge is 0.246 e. The molecule has 0 aromatic carbocycles. The van der Waals surface area contributed by atoms with Gasteiger partial charge in [0, 0.05) is 0 Å². The number of nitrogens with zero attached hydrogens (tertiary/aromatic N) is 3. The first-order valence-corrected chi connectivity index (χ1v) is 5.46. The zero-order valence-corrected chi connectivity index (χ0v) is 10.2. The highest BCUT2D eigenvalue weighted by Gasteiger charge is 2.25. The molecule has 9 heteroatoms. The standard InChI is InChI=1S/C8H9BrN6O2/c9-6-7(14-10)11-3-12-8(6)15-1-4(16)13-5(17)2-15/h3H,1-2,10H2,(H,11,12,14)(H,13,16,17). The van der Waals surface area contributed by atoms with Crippen LogP contribution >= 0.6 is 15.9 Å². The van der Waals surface area contributed by atoms with E-state index in [1.807, 2.05) is 0 Å². The number of nitrogen functional groups attached to an aromatic ring is 1. The molecule has 2 amide bonds. The van der Waals surface area contributed by atoms with Gasteiger partial charge < -0.3 is 10.3 Å². The fraction of sp³-hybridized carbons (Fsp3) is 0.250. The topological polar surface area (TPSA) is 113 Å². The molecule has 1 aliphatic heterocycles. The first-order valence-electron chi connectivity index (χ1n) is 4.66. The van der Waals surface area contributed by atoms with Gasteiger partial charge in [0.05, 0.1) is 13.1 Å². The van der Waals surface area contributed by atoms with Gasteiger partial charge in [-0.1, -0.05) is 0 Å². The van der Waals surface area contributed by atoms with E-state index in [0.717, 1.165) is 0 Å². The highest BCUT2D eigenvalue weighted by molar-refractivity contribution is 9.10. The van der Waals surface area contributed by atoms with Crippen LogP contribution in [-0.4, -0.2) is 34.9 Å². The Morgan fingerprint density at radius 3 is 2.59 bits per heavy atom. The monoisotopic (exact) mass is 300 g/mol. The summed E-state index contributed by atoms with van der Waals surface area (Å²) in [5, 5.41) is 2.21. The predicted molar refractivity (Wildman–Crippen MR) is 62.9 cm³/mol. The molecule has 8 nitrogen and oxygen atoms in total. The Morgan fingerprint density at radius 1 is 1.35 bits per heavy atom. The molecule has 0 unspecified atom stereocenters. The molecule has 90 valence electrons. The Labute approximate surface area is 105 Å². The van der Waals surface area contributed by atoms with Crippen LogP contribution in [0.3, 0.4) is 0 Å². The number of hydrazine groups is 1. The number of amides is 2. The fourth-order valence-corrected chi connectivity index (χ4v) is 2.04. The number of carbonyl (C=O) groups excluding carboxylic acids is 2. The van der Waals surface area contributed by atoms with Gasteiger partial charge in [-0.25, -0.2) is 15.8 Å². The van der Waals surface area contributed by atoms with Crippen LogP contribution in [-0.2, 0) is 9.59 Å². The van der Waals surface area contributed by atoms with Crippen molar-refractivity contribution in [1.82, 2.24) is 15.3 Å². The Balaban J connectivity index is 2.33. The molecule has 0 saturated carbocycles. The predicted octanol–water partition coefficient (Wildman–Crippen LogP) is -1.01. The molecule has 0 bridgehead atoms. The van der Waals surface area contributed by atoms with Gasteiger partial charge in [-0.2, -0.15) is 0 Å². The van der Waals surface area contributed by atoms with Crippen molar-refractivity contribution in [1.29, 1.82) is 0 Å². The van der Waals surface area contributed by atoms with Crippen LogP contribution in [0.15, 0.2) is 10.8 Å².